The Labute approximate surface area is 269 Å². The Bertz CT molecular complexity index is 1700. The molecule has 0 spiro atoms. The van der Waals surface area contributed by atoms with Crippen LogP contribution in [-0.2, 0) is 14.3 Å². The van der Waals surface area contributed by atoms with Crippen molar-refractivity contribution in [2.45, 2.75) is 47.0 Å². The van der Waals surface area contributed by atoms with Gasteiger partial charge in [-0.1, -0.05) is 62.4 Å². The molecular formula is C38H41NO7. The van der Waals surface area contributed by atoms with Crippen LogP contribution in [-0.4, -0.2) is 48.5 Å². The van der Waals surface area contributed by atoms with Crippen molar-refractivity contribution in [3.8, 4) is 5.75 Å². The summed E-state index contributed by atoms with van der Waals surface area (Å²) >= 11 is 0. The summed E-state index contributed by atoms with van der Waals surface area (Å²) in [5.74, 6) is -0.495. The number of ketones is 2. The second kappa shape index (κ2) is 15.0. The lowest BCUT2D eigenvalue weighted by atomic mass is 9.69. The van der Waals surface area contributed by atoms with E-state index in [1.807, 2.05) is 49.4 Å². The van der Waals surface area contributed by atoms with Gasteiger partial charge in [-0.25, -0.2) is 4.79 Å². The van der Waals surface area contributed by atoms with Crippen LogP contribution in [0.1, 0.15) is 62.9 Å². The predicted octanol–water partition coefficient (Wildman–Crippen LogP) is 7.30. The summed E-state index contributed by atoms with van der Waals surface area (Å²) in [5.41, 5.74) is -0.303. The van der Waals surface area contributed by atoms with E-state index in [4.69, 9.17) is 14.6 Å². The Morgan fingerprint density at radius 1 is 0.870 bits per heavy atom. The molecule has 4 rings (SSSR count). The van der Waals surface area contributed by atoms with Gasteiger partial charge >= 0.3 is 12.1 Å². The molecule has 2 N–H and O–H groups in total. The number of aliphatic hydroxyl groups is 1. The molecule has 0 saturated carbocycles. The first-order chi connectivity index (χ1) is 22.0. The summed E-state index contributed by atoms with van der Waals surface area (Å²) in [6, 6.07) is 24.6. The van der Waals surface area contributed by atoms with Crippen LogP contribution in [0.3, 0.4) is 0 Å². The van der Waals surface area contributed by atoms with Crippen molar-refractivity contribution in [2.24, 2.45) is 10.8 Å². The fraction of sp³-hybridized carbons (Fsp3) is 0.316. The maximum atomic E-state index is 13.1. The van der Waals surface area contributed by atoms with E-state index in [0.29, 0.717) is 12.0 Å². The van der Waals surface area contributed by atoms with Crippen molar-refractivity contribution >= 4 is 51.2 Å². The molecule has 1 atom stereocenters. The third-order valence-electron chi connectivity index (χ3n) is 8.35. The first-order valence-corrected chi connectivity index (χ1v) is 15.5. The van der Waals surface area contributed by atoms with Crippen LogP contribution in [0.15, 0.2) is 84.9 Å². The fourth-order valence-corrected chi connectivity index (χ4v) is 5.70. The third-order valence-corrected chi connectivity index (χ3v) is 8.35. The van der Waals surface area contributed by atoms with Gasteiger partial charge in [-0.15, -0.1) is 0 Å². The number of amides is 1. The van der Waals surface area contributed by atoms with Crippen molar-refractivity contribution in [3.63, 3.8) is 0 Å². The highest BCUT2D eigenvalue weighted by Crippen LogP contribution is 2.39. The average Bonchev–Trinajstić information content (AvgIpc) is 3.05. The second-order valence-electron chi connectivity index (χ2n) is 12.3. The van der Waals surface area contributed by atoms with Crippen LogP contribution < -0.4 is 10.1 Å². The molecule has 0 aliphatic rings. The van der Waals surface area contributed by atoms with Crippen molar-refractivity contribution < 1.29 is 33.8 Å². The first-order valence-electron chi connectivity index (χ1n) is 15.5. The lowest BCUT2D eigenvalue weighted by Crippen LogP contribution is -2.39. The van der Waals surface area contributed by atoms with Crippen LogP contribution in [0, 0.1) is 10.8 Å². The zero-order chi connectivity index (χ0) is 33.3. The Morgan fingerprint density at radius 2 is 1.48 bits per heavy atom. The average molecular weight is 624 g/mol. The van der Waals surface area contributed by atoms with Crippen LogP contribution >= 0.6 is 0 Å². The molecule has 0 bridgehead atoms. The number of nitrogens with one attached hydrogen (secondary N) is 1. The van der Waals surface area contributed by atoms with Crippen molar-refractivity contribution in [2.75, 3.05) is 19.8 Å². The lowest BCUT2D eigenvalue weighted by Gasteiger charge is -2.34. The van der Waals surface area contributed by atoms with Crippen LogP contribution in [0.25, 0.3) is 27.6 Å². The maximum Gasteiger partial charge on any atom is 0.412 e. The van der Waals surface area contributed by atoms with Crippen molar-refractivity contribution in [3.05, 3.63) is 96.1 Å². The van der Waals surface area contributed by atoms with Crippen LogP contribution in [0.5, 0.6) is 5.75 Å². The molecule has 0 fully saturated rings. The number of ether oxygens (including phenoxy) is 2. The van der Waals surface area contributed by atoms with Gasteiger partial charge in [0.05, 0.1) is 12.0 Å². The number of esters is 1. The van der Waals surface area contributed by atoms with E-state index in [1.165, 1.54) is 0 Å². The van der Waals surface area contributed by atoms with E-state index in [2.05, 4.69) is 23.5 Å². The number of fused-ring (bicyclic) bond motifs is 2. The molecule has 1 amide bonds. The minimum absolute atomic E-state index is 0.0624. The van der Waals surface area contributed by atoms with Crippen LogP contribution in [0.2, 0.25) is 0 Å². The third kappa shape index (κ3) is 8.25. The van der Waals surface area contributed by atoms with Gasteiger partial charge < -0.3 is 19.9 Å². The number of carbonyl (C=O) groups excluding carboxylic acids is 4. The minimum Gasteiger partial charge on any atom is -0.463 e. The molecule has 0 aliphatic carbocycles. The van der Waals surface area contributed by atoms with Gasteiger partial charge in [0.1, 0.15) is 18.1 Å². The first kappa shape index (κ1) is 34.1. The highest BCUT2D eigenvalue weighted by atomic mass is 16.6. The molecule has 240 valence electrons. The van der Waals surface area contributed by atoms with Crippen molar-refractivity contribution in [1.82, 2.24) is 5.32 Å². The second-order valence-corrected chi connectivity index (χ2v) is 12.3. The highest BCUT2D eigenvalue weighted by molar-refractivity contribution is 6.11. The maximum absolute atomic E-state index is 13.1. The van der Waals surface area contributed by atoms with E-state index < -0.39 is 22.9 Å². The normalized spacial score (nSPS) is 13.0. The van der Waals surface area contributed by atoms with Gasteiger partial charge in [0.15, 0.2) is 5.78 Å². The summed E-state index contributed by atoms with van der Waals surface area (Å²) < 4.78 is 10.4. The molecule has 0 aromatic heterocycles. The van der Waals surface area contributed by atoms with E-state index in [-0.39, 0.29) is 49.9 Å². The molecule has 8 nitrogen and oxygen atoms in total. The van der Waals surface area contributed by atoms with E-state index in [9.17, 15) is 19.2 Å². The van der Waals surface area contributed by atoms with Gasteiger partial charge in [-0.3, -0.25) is 14.4 Å². The summed E-state index contributed by atoms with van der Waals surface area (Å²) in [4.78, 5) is 51.0. The fourth-order valence-electron chi connectivity index (χ4n) is 5.70. The monoisotopic (exact) mass is 623 g/mol. The SMILES string of the molecule is CCC(C)(CC(C)(C)C(=O)OCCO)C(=O)CCNC(=O)Oc1ccc(C(=O)C=Cc2c3ccccc3cc3ccccc23)cc1. The molecule has 0 radical (unpaired) electrons. The number of allylic oxidation sites excluding steroid dienone is 1. The van der Waals surface area contributed by atoms with Gasteiger partial charge in [0.2, 0.25) is 0 Å². The molecule has 0 saturated heterocycles. The number of hydrogen-bond acceptors (Lipinski definition) is 7. The molecular weight excluding hydrogens is 582 g/mol. The molecule has 4 aromatic carbocycles. The van der Waals surface area contributed by atoms with E-state index >= 15 is 0 Å². The highest BCUT2D eigenvalue weighted by Gasteiger charge is 2.41. The summed E-state index contributed by atoms with van der Waals surface area (Å²) in [7, 11) is 0. The zero-order valence-electron chi connectivity index (χ0n) is 26.8. The lowest BCUT2D eigenvalue weighted by molar-refractivity contribution is -0.157. The molecule has 0 aliphatic heterocycles. The molecule has 4 aromatic rings. The number of hydrogen-bond donors (Lipinski definition) is 2. The summed E-state index contributed by atoms with van der Waals surface area (Å²) in [6.45, 7) is 6.81. The number of Topliss-reactive ketones (excluding diaryl/α,β-unsaturated/α-hetero) is 1. The van der Waals surface area contributed by atoms with Gasteiger partial charge in [-0.05, 0) is 96.3 Å². The largest absolute Gasteiger partial charge is 0.463 e. The van der Waals surface area contributed by atoms with Crippen LogP contribution in [0.4, 0.5) is 4.79 Å². The quantitative estimate of drug-likeness (QED) is 0.0655. The number of rotatable bonds is 14. The Kier molecular flexibility index (Phi) is 11.1. The predicted molar refractivity (Wildman–Crippen MR) is 180 cm³/mol. The number of carbonyl (C=O) groups is 4. The minimum atomic E-state index is -0.921. The van der Waals surface area contributed by atoms with Crippen molar-refractivity contribution in [1.29, 1.82) is 0 Å². The Morgan fingerprint density at radius 3 is 2.07 bits per heavy atom. The zero-order valence-corrected chi connectivity index (χ0v) is 26.8. The van der Waals surface area contributed by atoms with E-state index in [0.717, 1.165) is 27.1 Å². The summed E-state index contributed by atoms with van der Waals surface area (Å²) in [5, 5.41) is 15.8. The van der Waals surface area contributed by atoms with Gasteiger partial charge in [0.25, 0.3) is 0 Å². The molecule has 46 heavy (non-hydrogen) atoms. The topological polar surface area (TPSA) is 119 Å². The Hall–Kier alpha value is -4.82. The number of aliphatic hydroxyl groups excluding tert-OH is 1. The van der Waals surface area contributed by atoms with Gasteiger partial charge in [-0.2, -0.15) is 0 Å². The van der Waals surface area contributed by atoms with E-state index in [1.54, 1.807) is 51.1 Å². The van der Waals surface area contributed by atoms with Gasteiger partial charge in [0, 0.05) is 23.9 Å². The molecule has 8 heteroatoms. The molecule has 0 heterocycles. The summed E-state index contributed by atoms with van der Waals surface area (Å²) in [6.07, 6.45) is 3.51. The Balaban J connectivity index is 1.32. The molecule has 1 unspecified atom stereocenters. The smallest absolute Gasteiger partial charge is 0.412 e. The number of benzene rings is 4. The standard InChI is InChI=1S/C38H41NO7/c1-5-38(4,25-37(2,3)35(43)45-23-22-40)34(42)20-21-39-36(44)46-29-16-14-26(15-17-29)33(41)19-18-32-30-12-8-6-10-27(30)24-28-11-7-9-13-31(28)32/h6-19,24,40H,5,20-23,25H2,1-4H3,(H,39,44).